The fourth-order valence-corrected chi connectivity index (χ4v) is 3.94. The summed E-state index contributed by atoms with van der Waals surface area (Å²) in [6.45, 7) is 3.83. The van der Waals surface area contributed by atoms with E-state index >= 15 is 0 Å². The van der Waals surface area contributed by atoms with E-state index in [0.717, 1.165) is 11.3 Å². The van der Waals surface area contributed by atoms with Crippen molar-refractivity contribution in [2.75, 3.05) is 11.9 Å². The maximum Gasteiger partial charge on any atom is 0.351 e. The molecule has 9 heteroatoms. The predicted octanol–water partition coefficient (Wildman–Crippen LogP) is 0.859. The summed E-state index contributed by atoms with van der Waals surface area (Å²) in [5.74, 6) is -0.758. The van der Waals surface area contributed by atoms with E-state index < -0.39 is 5.97 Å². The van der Waals surface area contributed by atoms with Crippen LogP contribution in [0.1, 0.15) is 13.8 Å². The molecule has 3 aromatic rings. The molecule has 0 atom stereocenters. The number of pyridine rings is 1. The van der Waals surface area contributed by atoms with Crippen LogP contribution in [-0.2, 0) is 16.1 Å². The standard InChI is InChI=1S/C20H18N4O4S/c1-3-24-18(26)16(29-19(24)14(10-21)20(27)28-4-2)11-23-15-7-5-6-13-12(15)8-9-22-17(13)25/h5-9,11,23H,3-4H2,1-2H3,(H,22,25)/b16-11-,19-14-. The summed E-state index contributed by atoms with van der Waals surface area (Å²) < 4.78 is 6.85. The van der Waals surface area contributed by atoms with Crippen LogP contribution in [0.15, 0.2) is 40.1 Å². The first kappa shape index (κ1) is 20.1. The molecule has 1 aromatic carbocycles. The monoisotopic (exact) mass is 410 g/mol. The highest BCUT2D eigenvalue weighted by atomic mass is 32.1. The Balaban J connectivity index is 2.16. The number of thiazole rings is 1. The number of aromatic amines is 1. The summed E-state index contributed by atoms with van der Waals surface area (Å²) in [7, 11) is 0. The summed E-state index contributed by atoms with van der Waals surface area (Å²) >= 11 is 1.03. The van der Waals surface area contributed by atoms with Gasteiger partial charge in [0.05, 0.1) is 6.61 Å². The molecule has 0 aliphatic heterocycles. The minimum atomic E-state index is -0.758. The van der Waals surface area contributed by atoms with Gasteiger partial charge in [0, 0.05) is 35.4 Å². The minimum absolute atomic E-state index is 0.131. The van der Waals surface area contributed by atoms with E-state index in [1.54, 1.807) is 44.3 Å². The molecular weight excluding hydrogens is 392 g/mol. The van der Waals surface area contributed by atoms with Gasteiger partial charge in [-0.3, -0.25) is 14.2 Å². The van der Waals surface area contributed by atoms with Crippen molar-refractivity contribution >= 4 is 45.5 Å². The van der Waals surface area contributed by atoms with Crippen molar-refractivity contribution in [3.05, 3.63) is 60.4 Å². The molecule has 2 heterocycles. The zero-order valence-electron chi connectivity index (χ0n) is 15.8. The van der Waals surface area contributed by atoms with Crippen LogP contribution in [0.4, 0.5) is 5.69 Å². The Kier molecular flexibility index (Phi) is 5.95. The lowest BCUT2D eigenvalue weighted by Crippen LogP contribution is -2.32. The highest BCUT2D eigenvalue weighted by Crippen LogP contribution is 2.19. The summed E-state index contributed by atoms with van der Waals surface area (Å²) in [6.07, 6.45) is 3.06. The van der Waals surface area contributed by atoms with Crippen LogP contribution in [0.3, 0.4) is 0 Å². The summed E-state index contributed by atoms with van der Waals surface area (Å²) in [4.78, 5) is 39.4. The van der Waals surface area contributed by atoms with Crippen molar-refractivity contribution in [2.45, 2.75) is 20.4 Å². The number of carbonyl (C=O) groups excluding carboxylic acids is 1. The molecule has 0 saturated heterocycles. The maximum absolute atomic E-state index is 12.7. The number of aromatic nitrogens is 2. The van der Waals surface area contributed by atoms with Crippen LogP contribution >= 0.6 is 11.3 Å². The molecule has 148 valence electrons. The Labute approximate surface area is 169 Å². The van der Waals surface area contributed by atoms with E-state index in [4.69, 9.17) is 4.74 Å². The molecule has 0 fully saturated rings. The number of nitrogens with one attached hydrogen (secondary N) is 2. The van der Waals surface area contributed by atoms with Gasteiger partial charge in [0.1, 0.15) is 15.3 Å². The Bertz CT molecular complexity index is 1360. The molecule has 0 bridgehead atoms. The lowest BCUT2D eigenvalue weighted by Gasteiger charge is -2.04. The van der Waals surface area contributed by atoms with Gasteiger partial charge in [-0.2, -0.15) is 5.26 Å². The first-order valence-electron chi connectivity index (χ1n) is 8.90. The fourth-order valence-electron chi connectivity index (χ4n) is 2.87. The van der Waals surface area contributed by atoms with Crippen molar-refractivity contribution in [3.63, 3.8) is 0 Å². The first-order chi connectivity index (χ1) is 14.0. The number of hydrogen-bond acceptors (Lipinski definition) is 7. The number of hydrogen-bond donors (Lipinski definition) is 2. The topological polar surface area (TPSA) is 117 Å². The van der Waals surface area contributed by atoms with Gasteiger partial charge in [-0.25, -0.2) is 4.79 Å². The van der Waals surface area contributed by atoms with E-state index in [9.17, 15) is 19.6 Å². The number of nitrogens with zero attached hydrogens (tertiary/aromatic N) is 2. The average molecular weight is 410 g/mol. The van der Waals surface area contributed by atoms with E-state index in [2.05, 4.69) is 10.3 Å². The molecule has 8 nitrogen and oxygen atoms in total. The molecule has 0 amide bonds. The van der Waals surface area contributed by atoms with Crippen molar-refractivity contribution < 1.29 is 9.53 Å². The van der Waals surface area contributed by atoms with Crippen molar-refractivity contribution in [1.29, 1.82) is 5.26 Å². The molecule has 29 heavy (non-hydrogen) atoms. The van der Waals surface area contributed by atoms with E-state index in [-0.39, 0.29) is 28.0 Å². The zero-order chi connectivity index (χ0) is 21.0. The van der Waals surface area contributed by atoms with Gasteiger partial charge in [0.25, 0.3) is 11.1 Å². The van der Waals surface area contributed by atoms with Crippen LogP contribution in [0.5, 0.6) is 0 Å². The third-order valence-electron chi connectivity index (χ3n) is 4.20. The number of anilines is 1. The Morgan fingerprint density at radius 2 is 2.10 bits per heavy atom. The van der Waals surface area contributed by atoms with Gasteiger partial charge in [-0.05, 0) is 32.0 Å². The van der Waals surface area contributed by atoms with Crippen LogP contribution in [-0.4, -0.2) is 22.1 Å². The fraction of sp³-hybridized carbons (Fsp3) is 0.200. The van der Waals surface area contributed by atoms with Crippen LogP contribution in [0.25, 0.3) is 22.5 Å². The number of nitriles is 1. The van der Waals surface area contributed by atoms with Gasteiger partial charge in [0.2, 0.25) is 0 Å². The van der Waals surface area contributed by atoms with Gasteiger partial charge < -0.3 is 15.0 Å². The Morgan fingerprint density at radius 3 is 2.79 bits per heavy atom. The maximum atomic E-state index is 12.7. The molecule has 0 aliphatic carbocycles. The second-order valence-corrected chi connectivity index (χ2v) is 6.92. The number of carbonyl (C=O) groups is 1. The molecule has 3 rings (SSSR count). The number of rotatable bonds is 5. The van der Waals surface area contributed by atoms with Gasteiger partial charge in [-0.1, -0.05) is 6.07 Å². The molecule has 2 N–H and O–H groups in total. The third kappa shape index (κ3) is 3.83. The van der Waals surface area contributed by atoms with Gasteiger partial charge in [0.15, 0.2) is 5.57 Å². The summed E-state index contributed by atoms with van der Waals surface area (Å²) in [6, 6.07) is 8.84. The Morgan fingerprint density at radius 1 is 1.31 bits per heavy atom. The minimum Gasteiger partial charge on any atom is -0.462 e. The molecule has 0 unspecified atom stereocenters. The van der Waals surface area contributed by atoms with E-state index in [1.807, 2.05) is 6.07 Å². The summed E-state index contributed by atoms with van der Waals surface area (Å²) in [5, 5.41) is 13.7. The predicted molar refractivity (Wildman–Crippen MR) is 112 cm³/mol. The third-order valence-corrected chi connectivity index (χ3v) is 5.33. The van der Waals surface area contributed by atoms with Gasteiger partial charge in [-0.15, -0.1) is 11.3 Å². The average Bonchev–Trinajstić information content (AvgIpc) is 3.02. The van der Waals surface area contributed by atoms with E-state index in [0.29, 0.717) is 27.5 Å². The summed E-state index contributed by atoms with van der Waals surface area (Å²) in [5.41, 5.74) is -0.0799. The molecule has 0 radical (unpaired) electrons. The second kappa shape index (κ2) is 8.58. The number of fused-ring (bicyclic) bond motifs is 1. The normalized spacial score (nSPS) is 12.5. The second-order valence-electron chi connectivity index (χ2n) is 5.89. The van der Waals surface area contributed by atoms with Crippen LogP contribution in [0.2, 0.25) is 0 Å². The van der Waals surface area contributed by atoms with Gasteiger partial charge >= 0.3 is 5.97 Å². The lowest BCUT2D eigenvalue weighted by molar-refractivity contribution is -0.136. The van der Waals surface area contributed by atoms with Crippen molar-refractivity contribution in [3.8, 4) is 6.07 Å². The smallest absolute Gasteiger partial charge is 0.351 e. The van der Waals surface area contributed by atoms with Crippen molar-refractivity contribution in [1.82, 2.24) is 9.55 Å². The largest absolute Gasteiger partial charge is 0.462 e. The molecular formula is C20H18N4O4S. The molecule has 0 aliphatic rings. The number of esters is 1. The SMILES string of the molecule is CCOC(=O)/C(C#N)=c1\s/c(=C\Nc2cccc3c(=O)[nH]ccc23)c(=O)n1CC. The highest BCUT2D eigenvalue weighted by molar-refractivity contribution is 7.07. The first-order valence-corrected chi connectivity index (χ1v) is 9.71. The zero-order valence-corrected chi connectivity index (χ0v) is 16.6. The van der Waals surface area contributed by atoms with Crippen LogP contribution < -0.4 is 25.6 Å². The molecule has 2 aromatic heterocycles. The quantitative estimate of drug-likeness (QED) is 0.603. The molecule has 0 saturated carbocycles. The van der Waals surface area contributed by atoms with E-state index in [1.165, 1.54) is 10.8 Å². The van der Waals surface area contributed by atoms with Crippen LogP contribution in [0, 0.1) is 11.3 Å². The number of ether oxygens (including phenoxy) is 1. The molecule has 0 spiro atoms. The Hall–Kier alpha value is -3.64. The highest BCUT2D eigenvalue weighted by Gasteiger charge is 2.16. The lowest BCUT2D eigenvalue weighted by atomic mass is 10.1. The number of H-pyrrole nitrogens is 1. The number of benzene rings is 1. The van der Waals surface area contributed by atoms with Crippen molar-refractivity contribution in [2.24, 2.45) is 0 Å².